The van der Waals surface area contributed by atoms with Crippen LogP contribution in [0.15, 0.2) is 0 Å². The first-order chi connectivity index (χ1) is 7.63. The van der Waals surface area contributed by atoms with Crippen molar-refractivity contribution in [3.63, 3.8) is 0 Å². The van der Waals surface area contributed by atoms with Crippen LogP contribution in [0.4, 0.5) is 0 Å². The van der Waals surface area contributed by atoms with Crippen molar-refractivity contribution in [3.05, 3.63) is 0 Å². The molecule has 0 fully saturated rings. The summed E-state index contributed by atoms with van der Waals surface area (Å²) in [4.78, 5) is 11.6. The van der Waals surface area contributed by atoms with E-state index >= 15 is 0 Å². The number of carbonyl (C=O) groups excluding carboxylic acids is 1. The third-order valence-electron chi connectivity index (χ3n) is 2.33. The Morgan fingerprint density at radius 1 is 1.35 bits per heavy atom. The Bertz CT molecular complexity index is 273. The second-order valence-electron chi connectivity index (χ2n) is 5.31. The van der Waals surface area contributed by atoms with Crippen molar-refractivity contribution < 1.29 is 13.7 Å². The zero-order valence-electron chi connectivity index (χ0n) is 11.7. The predicted octanol–water partition coefficient (Wildman–Crippen LogP) is 1.46. The molecule has 0 aliphatic heterocycles. The lowest BCUT2D eigenvalue weighted by molar-refractivity contribution is -0.156. The van der Waals surface area contributed by atoms with Gasteiger partial charge in [0.15, 0.2) is 0 Å². The van der Waals surface area contributed by atoms with E-state index in [9.17, 15) is 9.00 Å². The summed E-state index contributed by atoms with van der Waals surface area (Å²) >= 11 is 0. The molecule has 0 aliphatic carbocycles. The van der Waals surface area contributed by atoms with Gasteiger partial charge in [-0.2, -0.15) is 0 Å². The second-order valence-corrected chi connectivity index (χ2v) is 7.11. The maximum atomic E-state index is 11.6. The van der Waals surface area contributed by atoms with Gasteiger partial charge in [-0.05, 0) is 40.7 Å². The van der Waals surface area contributed by atoms with Gasteiger partial charge in [0.25, 0.3) is 0 Å². The summed E-state index contributed by atoms with van der Waals surface area (Å²) in [6.45, 7) is 9.93. The number of hydrogen-bond acceptors (Lipinski definition) is 4. The van der Waals surface area contributed by atoms with Crippen LogP contribution in [-0.4, -0.2) is 39.9 Å². The van der Waals surface area contributed by atoms with Crippen molar-refractivity contribution in [2.75, 3.05) is 12.8 Å². The summed E-state index contributed by atoms with van der Waals surface area (Å²) in [5.74, 6) is -0.247. The van der Waals surface area contributed by atoms with E-state index in [0.717, 1.165) is 6.42 Å². The summed E-state index contributed by atoms with van der Waals surface area (Å²) in [6, 6.07) is -0.327. The van der Waals surface area contributed by atoms with Gasteiger partial charge in [0.1, 0.15) is 11.6 Å². The highest BCUT2D eigenvalue weighted by atomic mass is 32.2. The van der Waals surface area contributed by atoms with E-state index in [-0.39, 0.29) is 17.3 Å². The number of esters is 1. The van der Waals surface area contributed by atoms with Crippen LogP contribution in [0.2, 0.25) is 0 Å². The molecule has 0 aromatic rings. The Morgan fingerprint density at radius 3 is 2.29 bits per heavy atom. The zero-order valence-corrected chi connectivity index (χ0v) is 12.5. The SMILES string of the molecule is CC(NCCC(C)S(C)=O)C(=O)OC(C)(C)C. The minimum atomic E-state index is -0.808. The molecule has 0 aliphatic rings. The van der Waals surface area contributed by atoms with Gasteiger partial charge < -0.3 is 10.1 Å². The molecular weight excluding hydrogens is 238 g/mol. The summed E-state index contributed by atoms with van der Waals surface area (Å²) in [7, 11) is -0.808. The van der Waals surface area contributed by atoms with Gasteiger partial charge >= 0.3 is 5.97 Å². The minimum Gasteiger partial charge on any atom is -0.459 e. The van der Waals surface area contributed by atoms with E-state index in [1.165, 1.54) is 0 Å². The van der Waals surface area contributed by atoms with Crippen molar-refractivity contribution in [2.24, 2.45) is 0 Å². The number of carbonyl (C=O) groups is 1. The van der Waals surface area contributed by atoms with Crippen LogP contribution < -0.4 is 5.32 Å². The van der Waals surface area contributed by atoms with Crippen LogP contribution in [0, 0.1) is 0 Å². The summed E-state index contributed by atoms with van der Waals surface area (Å²) in [5.41, 5.74) is -0.453. The normalized spacial score (nSPS) is 17.3. The molecule has 5 heteroatoms. The molecule has 0 heterocycles. The average molecular weight is 263 g/mol. The molecule has 3 unspecified atom stereocenters. The van der Waals surface area contributed by atoms with E-state index in [1.54, 1.807) is 13.2 Å². The van der Waals surface area contributed by atoms with E-state index in [0.29, 0.717) is 6.54 Å². The maximum absolute atomic E-state index is 11.6. The lowest BCUT2D eigenvalue weighted by Gasteiger charge is -2.23. The minimum absolute atomic E-state index is 0.147. The molecule has 0 aromatic carbocycles. The predicted molar refractivity (Wildman–Crippen MR) is 71.5 cm³/mol. The first-order valence-electron chi connectivity index (χ1n) is 5.92. The fourth-order valence-corrected chi connectivity index (χ4v) is 1.59. The number of rotatable bonds is 6. The molecule has 0 saturated carbocycles. The standard InChI is InChI=1S/C12H25NO3S/c1-9(17(6)15)7-8-13-10(2)11(14)16-12(3,4)5/h9-10,13H,7-8H2,1-6H3. The largest absolute Gasteiger partial charge is 0.459 e. The Morgan fingerprint density at radius 2 is 1.88 bits per heavy atom. The van der Waals surface area contributed by atoms with Gasteiger partial charge in [0, 0.05) is 22.3 Å². The Labute approximate surface area is 107 Å². The number of nitrogens with one attached hydrogen (secondary N) is 1. The molecule has 4 nitrogen and oxygen atoms in total. The molecule has 0 spiro atoms. The summed E-state index contributed by atoms with van der Waals surface area (Å²) < 4.78 is 16.4. The van der Waals surface area contributed by atoms with Crippen molar-refractivity contribution in [1.82, 2.24) is 5.32 Å². The smallest absolute Gasteiger partial charge is 0.323 e. The van der Waals surface area contributed by atoms with Crippen LogP contribution in [0.5, 0.6) is 0 Å². The van der Waals surface area contributed by atoms with Crippen molar-refractivity contribution >= 4 is 16.8 Å². The molecular formula is C12H25NO3S. The van der Waals surface area contributed by atoms with Crippen LogP contribution >= 0.6 is 0 Å². The van der Waals surface area contributed by atoms with Gasteiger partial charge in [0.2, 0.25) is 0 Å². The van der Waals surface area contributed by atoms with Crippen LogP contribution in [0.3, 0.4) is 0 Å². The monoisotopic (exact) mass is 263 g/mol. The summed E-state index contributed by atoms with van der Waals surface area (Å²) in [6.07, 6.45) is 2.48. The third kappa shape index (κ3) is 8.32. The van der Waals surface area contributed by atoms with E-state index in [2.05, 4.69) is 5.32 Å². The number of ether oxygens (including phenoxy) is 1. The average Bonchev–Trinajstić information content (AvgIpc) is 2.14. The third-order valence-corrected chi connectivity index (χ3v) is 3.70. The maximum Gasteiger partial charge on any atom is 0.323 e. The second kappa shape index (κ2) is 7.11. The van der Waals surface area contributed by atoms with Crippen molar-refractivity contribution in [3.8, 4) is 0 Å². The van der Waals surface area contributed by atoms with Crippen molar-refractivity contribution in [2.45, 2.75) is 57.9 Å². The van der Waals surface area contributed by atoms with Crippen molar-refractivity contribution in [1.29, 1.82) is 0 Å². The van der Waals surface area contributed by atoms with Crippen LogP contribution in [0.1, 0.15) is 41.0 Å². The lowest BCUT2D eigenvalue weighted by Crippen LogP contribution is -2.40. The first kappa shape index (κ1) is 16.6. The van der Waals surface area contributed by atoms with Crippen LogP contribution in [-0.2, 0) is 20.3 Å². The van der Waals surface area contributed by atoms with Gasteiger partial charge in [-0.15, -0.1) is 0 Å². The fourth-order valence-electron chi connectivity index (χ4n) is 1.14. The fraction of sp³-hybridized carbons (Fsp3) is 0.917. The Hall–Kier alpha value is -0.420. The highest BCUT2D eigenvalue weighted by molar-refractivity contribution is 7.84. The molecule has 0 rings (SSSR count). The quantitative estimate of drug-likeness (QED) is 0.737. The highest BCUT2D eigenvalue weighted by Gasteiger charge is 2.21. The van der Waals surface area contributed by atoms with E-state index in [1.807, 2.05) is 27.7 Å². The molecule has 0 saturated heterocycles. The van der Waals surface area contributed by atoms with E-state index in [4.69, 9.17) is 4.74 Å². The molecule has 0 bridgehead atoms. The Kier molecular flexibility index (Phi) is 6.94. The molecule has 102 valence electrons. The molecule has 0 radical (unpaired) electrons. The van der Waals surface area contributed by atoms with Crippen LogP contribution in [0.25, 0.3) is 0 Å². The molecule has 1 N–H and O–H groups in total. The van der Waals surface area contributed by atoms with E-state index < -0.39 is 16.4 Å². The lowest BCUT2D eigenvalue weighted by atomic mass is 10.2. The molecule has 17 heavy (non-hydrogen) atoms. The van der Waals surface area contributed by atoms with Gasteiger partial charge in [-0.3, -0.25) is 9.00 Å². The topological polar surface area (TPSA) is 55.4 Å². The Balaban J connectivity index is 3.90. The van der Waals surface area contributed by atoms with Gasteiger partial charge in [-0.1, -0.05) is 6.92 Å². The first-order valence-corrected chi connectivity index (χ1v) is 7.54. The molecule has 3 atom stereocenters. The molecule has 0 amide bonds. The van der Waals surface area contributed by atoms with Gasteiger partial charge in [-0.25, -0.2) is 0 Å². The van der Waals surface area contributed by atoms with Gasteiger partial charge in [0.05, 0.1) is 0 Å². The molecule has 0 aromatic heterocycles. The zero-order chi connectivity index (χ0) is 13.6. The highest BCUT2D eigenvalue weighted by Crippen LogP contribution is 2.08. The summed E-state index contributed by atoms with van der Waals surface area (Å²) in [5, 5.41) is 3.23. The number of hydrogen-bond donors (Lipinski definition) is 1.